The summed E-state index contributed by atoms with van der Waals surface area (Å²) in [6.07, 6.45) is 4.19. The molecular weight excluding hydrogens is 239 g/mol. The number of hydrogen-bond donors (Lipinski definition) is 1. The second-order valence-corrected chi connectivity index (χ2v) is 5.84. The second-order valence-electron chi connectivity index (χ2n) is 5.84. The minimum Gasteiger partial charge on any atom is -0.371 e. The lowest BCUT2D eigenvalue weighted by Crippen LogP contribution is -2.35. The minimum atomic E-state index is -0.160. The number of nitrogens with zero attached hydrogens (tertiary/aromatic N) is 1. The Morgan fingerprint density at radius 2 is 2.26 bits per heavy atom. The van der Waals surface area contributed by atoms with Crippen LogP contribution in [0.1, 0.15) is 38.7 Å². The van der Waals surface area contributed by atoms with Gasteiger partial charge in [-0.15, -0.1) is 0 Å². The zero-order chi connectivity index (χ0) is 13.8. The molecule has 0 saturated carbocycles. The molecule has 19 heavy (non-hydrogen) atoms. The molecule has 2 N–H and O–H groups in total. The van der Waals surface area contributed by atoms with Crippen molar-refractivity contribution in [3.63, 3.8) is 0 Å². The van der Waals surface area contributed by atoms with Crippen LogP contribution in [-0.4, -0.2) is 19.1 Å². The van der Waals surface area contributed by atoms with Crippen molar-refractivity contribution in [1.29, 1.82) is 0 Å². The highest BCUT2D eigenvalue weighted by atomic mass is 19.1. The summed E-state index contributed by atoms with van der Waals surface area (Å²) in [5.74, 6) is 0.554. The van der Waals surface area contributed by atoms with E-state index in [1.165, 1.54) is 18.5 Å². The van der Waals surface area contributed by atoms with E-state index in [2.05, 4.69) is 18.7 Å². The predicted octanol–water partition coefficient (Wildman–Crippen LogP) is 3.34. The average Bonchev–Trinajstić information content (AvgIpc) is 2.38. The summed E-state index contributed by atoms with van der Waals surface area (Å²) in [6.45, 7) is 6.50. The zero-order valence-electron chi connectivity index (χ0n) is 12.0. The number of halogens is 1. The minimum absolute atomic E-state index is 0.114. The lowest BCUT2D eigenvalue weighted by Gasteiger charge is -2.34. The monoisotopic (exact) mass is 264 g/mol. The van der Waals surface area contributed by atoms with E-state index in [4.69, 9.17) is 5.73 Å². The van der Waals surface area contributed by atoms with Gasteiger partial charge in [-0.1, -0.05) is 13.8 Å². The molecule has 2 atom stereocenters. The lowest BCUT2D eigenvalue weighted by atomic mass is 9.97. The molecule has 0 radical (unpaired) electrons. The first-order chi connectivity index (χ1) is 9.10. The van der Waals surface area contributed by atoms with Crippen LogP contribution < -0.4 is 10.6 Å². The SMILES string of the molecule is CCC(N)Cc1cc(F)ccc1N1CCCC(C)C1. The van der Waals surface area contributed by atoms with Crippen molar-refractivity contribution in [3.05, 3.63) is 29.6 Å². The van der Waals surface area contributed by atoms with Crippen molar-refractivity contribution in [2.24, 2.45) is 11.7 Å². The van der Waals surface area contributed by atoms with Crippen molar-refractivity contribution < 1.29 is 4.39 Å². The Hall–Kier alpha value is -1.09. The standard InChI is InChI=1S/C16H25FN2/c1-3-15(18)10-13-9-14(17)6-7-16(13)19-8-4-5-12(2)11-19/h6-7,9,12,15H,3-5,8,10-11,18H2,1-2H3. The molecule has 1 aromatic rings. The van der Waals surface area contributed by atoms with Gasteiger partial charge in [0.05, 0.1) is 0 Å². The van der Waals surface area contributed by atoms with E-state index in [1.54, 1.807) is 12.1 Å². The van der Waals surface area contributed by atoms with Crippen LogP contribution in [0, 0.1) is 11.7 Å². The molecule has 2 nitrogen and oxygen atoms in total. The quantitative estimate of drug-likeness (QED) is 0.903. The highest BCUT2D eigenvalue weighted by Crippen LogP contribution is 2.28. The summed E-state index contributed by atoms with van der Waals surface area (Å²) in [5.41, 5.74) is 8.28. The molecule has 1 aromatic carbocycles. The molecule has 0 amide bonds. The topological polar surface area (TPSA) is 29.3 Å². The van der Waals surface area contributed by atoms with Crippen LogP contribution in [-0.2, 0) is 6.42 Å². The molecule has 106 valence electrons. The summed E-state index contributed by atoms with van der Waals surface area (Å²) >= 11 is 0. The fourth-order valence-corrected chi connectivity index (χ4v) is 2.86. The molecule has 1 aliphatic rings. The summed E-state index contributed by atoms with van der Waals surface area (Å²) in [4.78, 5) is 2.39. The van der Waals surface area contributed by atoms with Crippen LogP contribution >= 0.6 is 0 Å². The Kier molecular flexibility index (Phi) is 4.81. The second kappa shape index (κ2) is 6.38. The number of piperidine rings is 1. The highest BCUT2D eigenvalue weighted by Gasteiger charge is 2.19. The Morgan fingerprint density at radius 3 is 2.95 bits per heavy atom. The first kappa shape index (κ1) is 14.3. The molecule has 0 aliphatic carbocycles. The first-order valence-electron chi connectivity index (χ1n) is 7.39. The van der Waals surface area contributed by atoms with E-state index in [9.17, 15) is 4.39 Å². The van der Waals surface area contributed by atoms with Gasteiger partial charge in [-0.3, -0.25) is 0 Å². The number of rotatable bonds is 4. The third-order valence-electron chi connectivity index (χ3n) is 4.05. The largest absolute Gasteiger partial charge is 0.371 e. The van der Waals surface area contributed by atoms with Gasteiger partial charge in [0.25, 0.3) is 0 Å². The van der Waals surface area contributed by atoms with Gasteiger partial charge in [-0.2, -0.15) is 0 Å². The summed E-state index contributed by atoms with van der Waals surface area (Å²) in [7, 11) is 0. The molecule has 2 rings (SSSR count). The van der Waals surface area contributed by atoms with E-state index in [0.717, 1.165) is 31.5 Å². The van der Waals surface area contributed by atoms with Gasteiger partial charge in [0.1, 0.15) is 5.82 Å². The predicted molar refractivity (Wildman–Crippen MR) is 79.0 cm³/mol. The summed E-state index contributed by atoms with van der Waals surface area (Å²) < 4.78 is 13.5. The molecule has 3 heteroatoms. The first-order valence-corrected chi connectivity index (χ1v) is 7.39. The van der Waals surface area contributed by atoms with Crippen LogP contribution in [0.5, 0.6) is 0 Å². The normalized spacial score (nSPS) is 21.5. The maximum absolute atomic E-state index is 13.5. The molecule has 1 saturated heterocycles. The summed E-state index contributed by atoms with van der Waals surface area (Å²) in [6, 6.07) is 5.26. The van der Waals surface area contributed by atoms with E-state index < -0.39 is 0 Å². The lowest BCUT2D eigenvalue weighted by molar-refractivity contribution is 0.445. The molecule has 1 heterocycles. The Bertz CT molecular complexity index is 419. The average molecular weight is 264 g/mol. The summed E-state index contributed by atoms with van der Waals surface area (Å²) in [5, 5.41) is 0. The van der Waals surface area contributed by atoms with Gasteiger partial charge in [0.2, 0.25) is 0 Å². The molecule has 0 spiro atoms. The van der Waals surface area contributed by atoms with Gasteiger partial charge in [0, 0.05) is 24.8 Å². The van der Waals surface area contributed by atoms with E-state index >= 15 is 0 Å². The fraction of sp³-hybridized carbons (Fsp3) is 0.625. The van der Waals surface area contributed by atoms with Crippen molar-refractivity contribution >= 4 is 5.69 Å². The van der Waals surface area contributed by atoms with Crippen molar-refractivity contribution in [2.75, 3.05) is 18.0 Å². The zero-order valence-corrected chi connectivity index (χ0v) is 12.0. The smallest absolute Gasteiger partial charge is 0.123 e. The van der Waals surface area contributed by atoms with Crippen LogP contribution in [0.4, 0.5) is 10.1 Å². The number of anilines is 1. The van der Waals surface area contributed by atoms with Crippen LogP contribution in [0.15, 0.2) is 18.2 Å². The Morgan fingerprint density at radius 1 is 1.47 bits per heavy atom. The van der Waals surface area contributed by atoms with Crippen molar-refractivity contribution in [1.82, 2.24) is 0 Å². The molecule has 1 fully saturated rings. The number of benzene rings is 1. The molecular formula is C16H25FN2. The van der Waals surface area contributed by atoms with Gasteiger partial charge < -0.3 is 10.6 Å². The number of hydrogen-bond acceptors (Lipinski definition) is 2. The molecule has 1 aliphatic heterocycles. The molecule has 2 unspecified atom stereocenters. The van der Waals surface area contributed by atoms with Crippen molar-refractivity contribution in [3.8, 4) is 0 Å². The van der Waals surface area contributed by atoms with Gasteiger partial charge in [0.15, 0.2) is 0 Å². The van der Waals surface area contributed by atoms with Crippen LogP contribution in [0.25, 0.3) is 0 Å². The van der Waals surface area contributed by atoms with Gasteiger partial charge in [-0.05, 0) is 55.4 Å². The van der Waals surface area contributed by atoms with Gasteiger partial charge in [-0.25, -0.2) is 4.39 Å². The van der Waals surface area contributed by atoms with E-state index in [0.29, 0.717) is 5.92 Å². The highest BCUT2D eigenvalue weighted by molar-refractivity contribution is 5.54. The maximum Gasteiger partial charge on any atom is 0.123 e. The third-order valence-corrected chi connectivity index (χ3v) is 4.05. The van der Waals surface area contributed by atoms with E-state index in [1.807, 2.05) is 6.07 Å². The number of nitrogens with two attached hydrogens (primary N) is 1. The third kappa shape index (κ3) is 3.69. The Balaban J connectivity index is 2.22. The molecule has 0 bridgehead atoms. The van der Waals surface area contributed by atoms with Crippen molar-refractivity contribution in [2.45, 2.75) is 45.6 Å². The maximum atomic E-state index is 13.5. The Labute approximate surface area is 115 Å². The molecule has 0 aromatic heterocycles. The van der Waals surface area contributed by atoms with E-state index in [-0.39, 0.29) is 11.9 Å². The van der Waals surface area contributed by atoms with Gasteiger partial charge >= 0.3 is 0 Å². The van der Waals surface area contributed by atoms with Crippen LogP contribution in [0.3, 0.4) is 0 Å². The van der Waals surface area contributed by atoms with Crippen LogP contribution in [0.2, 0.25) is 0 Å². The fourth-order valence-electron chi connectivity index (χ4n) is 2.86.